The largest absolute Gasteiger partial charge is 0.508 e. The van der Waals surface area contributed by atoms with Crippen LogP contribution in [0.1, 0.15) is 0 Å². The Morgan fingerprint density at radius 1 is 1.06 bits per heavy atom. The van der Waals surface area contributed by atoms with Crippen molar-refractivity contribution in [1.82, 2.24) is 0 Å². The lowest BCUT2D eigenvalue weighted by Gasteiger charge is -2.35. The summed E-state index contributed by atoms with van der Waals surface area (Å²) in [5, 5.41) is 40.4. The van der Waals surface area contributed by atoms with Crippen LogP contribution in [-0.2, 0) is 4.74 Å². The van der Waals surface area contributed by atoms with Gasteiger partial charge in [-0.1, -0.05) is 0 Å². The Bertz CT molecular complexity index is 369. The Morgan fingerprint density at radius 2 is 1.71 bits per heavy atom. The molecule has 0 aromatic heterocycles. The maximum Gasteiger partial charge on any atom is 0.156 e. The molecule has 0 unspecified atom stereocenters. The molecule has 0 amide bonds. The summed E-state index contributed by atoms with van der Waals surface area (Å²) in [5.41, 5.74) is 0.635. The fourth-order valence-electron chi connectivity index (χ4n) is 1.66. The molecule has 6 heteroatoms. The number of phenols is 1. The van der Waals surface area contributed by atoms with Gasteiger partial charge in [0, 0.05) is 5.69 Å². The zero-order chi connectivity index (χ0) is 12.4. The molecule has 1 saturated heterocycles. The average Bonchev–Trinajstić information content (AvgIpc) is 2.33. The van der Waals surface area contributed by atoms with E-state index in [1.165, 1.54) is 12.1 Å². The monoisotopic (exact) mass is 241 g/mol. The van der Waals surface area contributed by atoms with Crippen LogP contribution in [0, 0.1) is 0 Å². The van der Waals surface area contributed by atoms with Crippen molar-refractivity contribution < 1.29 is 25.2 Å². The molecule has 1 aliphatic rings. The predicted octanol–water partition coefficient (Wildman–Crippen LogP) is -0.757. The van der Waals surface area contributed by atoms with Gasteiger partial charge in [0.25, 0.3) is 0 Å². The smallest absolute Gasteiger partial charge is 0.156 e. The number of phenolic OH excluding ortho intramolecular Hbond substituents is 1. The van der Waals surface area contributed by atoms with Crippen LogP contribution in [0.5, 0.6) is 5.75 Å². The summed E-state index contributed by atoms with van der Waals surface area (Å²) >= 11 is 0. The molecule has 1 fully saturated rings. The first kappa shape index (κ1) is 12.1. The van der Waals surface area contributed by atoms with Gasteiger partial charge >= 0.3 is 0 Å². The minimum absolute atomic E-state index is 0.0476. The number of aliphatic hydroxyl groups excluding tert-OH is 3. The number of aromatic hydroxyl groups is 1. The number of anilines is 1. The van der Waals surface area contributed by atoms with E-state index in [2.05, 4.69) is 5.32 Å². The standard InChI is InChI=1S/C11H15NO5/c13-7-3-1-6(2-4-7)12-11-10(16)9(15)8(14)5-17-11/h1-4,8-16H,5H2/t8-,9+,10+,11+/m0/s1. The lowest BCUT2D eigenvalue weighted by Crippen LogP contribution is -2.55. The molecule has 0 aliphatic carbocycles. The lowest BCUT2D eigenvalue weighted by atomic mass is 10.0. The first-order valence-corrected chi connectivity index (χ1v) is 5.29. The summed E-state index contributed by atoms with van der Waals surface area (Å²) in [6.07, 6.45) is -4.33. The number of nitrogens with one attached hydrogen (secondary N) is 1. The molecular weight excluding hydrogens is 226 g/mol. The zero-order valence-corrected chi connectivity index (χ0v) is 9.02. The van der Waals surface area contributed by atoms with Crippen molar-refractivity contribution in [1.29, 1.82) is 0 Å². The van der Waals surface area contributed by atoms with Crippen molar-refractivity contribution in [2.75, 3.05) is 11.9 Å². The van der Waals surface area contributed by atoms with Crippen LogP contribution in [0.15, 0.2) is 24.3 Å². The van der Waals surface area contributed by atoms with Crippen molar-refractivity contribution >= 4 is 5.69 Å². The summed E-state index contributed by atoms with van der Waals surface area (Å²) in [6.45, 7) is -0.0476. The number of ether oxygens (including phenoxy) is 1. The topological polar surface area (TPSA) is 102 Å². The molecule has 1 aromatic carbocycles. The Balaban J connectivity index is 2.01. The van der Waals surface area contributed by atoms with E-state index >= 15 is 0 Å². The Labute approximate surface area is 98.1 Å². The molecule has 0 bridgehead atoms. The van der Waals surface area contributed by atoms with Gasteiger partial charge in [-0.05, 0) is 24.3 Å². The fraction of sp³-hybridized carbons (Fsp3) is 0.455. The van der Waals surface area contributed by atoms with Gasteiger partial charge in [0.1, 0.15) is 24.1 Å². The van der Waals surface area contributed by atoms with Crippen LogP contribution < -0.4 is 5.32 Å². The van der Waals surface area contributed by atoms with Crippen molar-refractivity contribution in [2.24, 2.45) is 0 Å². The van der Waals surface area contributed by atoms with E-state index in [9.17, 15) is 15.3 Å². The van der Waals surface area contributed by atoms with Gasteiger partial charge in [-0.3, -0.25) is 0 Å². The van der Waals surface area contributed by atoms with Crippen molar-refractivity contribution in [3.8, 4) is 5.75 Å². The number of benzene rings is 1. The molecule has 17 heavy (non-hydrogen) atoms. The molecule has 5 N–H and O–H groups in total. The average molecular weight is 241 g/mol. The maximum atomic E-state index is 9.68. The van der Waals surface area contributed by atoms with Gasteiger partial charge in [0.15, 0.2) is 6.23 Å². The normalized spacial score (nSPS) is 33.4. The van der Waals surface area contributed by atoms with Crippen LogP contribution in [0.3, 0.4) is 0 Å². The second-order valence-corrected chi connectivity index (χ2v) is 3.99. The van der Waals surface area contributed by atoms with Gasteiger partial charge in [-0.15, -0.1) is 0 Å². The first-order valence-electron chi connectivity index (χ1n) is 5.29. The molecule has 0 spiro atoms. The fourth-order valence-corrected chi connectivity index (χ4v) is 1.66. The summed E-state index contributed by atoms with van der Waals surface area (Å²) < 4.78 is 5.17. The number of hydrogen-bond acceptors (Lipinski definition) is 6. The van der Waals surface area contributed by atoms with E-state index in [4.69, 9.17) is 9.84 Å². The van der Waals surface area contributed by atoms with Gasteiger partial charge in [0.2, 0.25) is 0 Å². The van der Waals surface area contributed by atoms with Crippen LogP contribution in [0.2, 0.25) is 0 Å². The van der Waals surface area contributed by atoms with Crippen molar-refractivity contribution in [2.45, 2.75) is 24.5 Å². The molecule has 1 heterocycles. The first-order chi connectivity index (χ1) is 8.08. The van der Waals surface area contributed by atoms with E-state index in [1.54, 1.807) is 12.1 Å². The Morgan fingerprint density at radius 3 is 2.35 bits per heavy atom. The Hall–Kier alpha value is -1.34. The third-order valence-electron chi connectivity index (χ3n) is 2.68. The highest BCUT2D eigenvalue weighted by Gasteiger charge is 2.37. The van der Waals surface area contributed by atoms with Gasteiger partial charge in [0.05, 0.1) is 6.61 Å². The number of aliphatic hydroxyl groups is 3. The summed E-state index contributed by atoms with van der Waals surface area (Å²) in [4.78, 5) is 0. The van der Waals surface area contributed by atoms with Crippen LogP contribution in [-0.4, -0.2) is 51.6 Å². The van der Waals surface area contributed by atoms with Gasteiger partial charge in [-0.25, -0.2) is 0 Å². The molecular formula is C11H15NO5. The summed E-state index contributed by atoms with van der Waals surface area (Å²) in [7, 11) is 0. The third-order valence-corrected chi connectivity index (χ3v) is 2.68. The molecule has 94 valence electrons. The van der Waals surface area contributed by atoms with Crippen LogP contribution in [0.4, 0.5) is 5.69 Å². The van der Waals surface area contributed by atoms with Crippen molar-refractivity contribution in [3.05, 3.63) is 24.3 Å². The molecule has 6 nitrogen and oxygen atoms in total. The maximum absolute atomic E-state index is 9.68. The quantitative estimate of drug-likeness (QED) is 0.436. The van der Waals surface area contributed by atoms with E-state index in [-0.39, 0.29) is 12.4 Å². The second-order valence-electron chi connectivity index (χ2n) is 3.99. The van der Waals surface area contributed by atoms with Gasteiger partial charge in [-0.2, -0.15) is 0 Å². The predicted molar refractivity (Wildman–Crippen MR) is 59.5 cm³/mol. The molecule has 4 atom stereocenters. The summed E-state index contributed by atoms with van der Waals surface area (Å²) in [5.74, 6) is 0.135. The van der Waals surface area contributed by atoms with E-state index in [0.717, 1.165) is 0 Å². The minimum Gasteiger partial charge on any atom is -0.508 e. The highest BCUT2D eigenvalue weighted by atomic mass is 16.5. The lowest BCUT2D eigenvalue weighted by molar-refractivity contribution is -0.178. The highest BCUT2D eigenvalue weighted by Crippen LogP contribution is 2.20. The van der Waals surface area contributed by atoms with E-state index < -0.39 is 24.5 Å². The van der Waals surface area contributed by atoms with Crippen molar-refractivity contribution in [3.63, 3.8) is 0 Å². The SMILES string of the molecule is Oc1ccc(N[C@@H]2OC[C@H](O)[C@@H](O)[C@H]2O)cc1. The molecule has 0 saturated carbocycles. The third kappa shape index (κ3) is 2.67. The van der Waals surface area contributed by atoms with E-state index in [1.807, 2.05) is 0 Å². The number of hydrogen-bond donors (Lipinski definition) is 5. The number of rotatable bonds is 2. The molecule has 0 radical (unpaired) electrons. The van der Waals surface area contributed by atoms with Crippen LogP contribution >= 0.6 is 0 Å². The molecule has 1 aliphatic heterocycles. The zero-order valence-electron chi connectivity index (χ0n) is 9.02. The Kier molecular flexibility index (Phi) is 3.49. The van der Waals surface area contributed by atoms with Gasteiger partial charge < -0.3 is 30.5 Å². The summed E-state index contributed by atoms with van der Waals surface area (Å²) in [6, 6.07) is 6.21. The van der Waals surface area contributed by atoms with E-state index in [0.29, 0.717) is 5.69 Å². The van der Waals surface area contributed by atoms with Crippen LogP contribution in [0.25, 0.3) is 0 Å². The second kappa shape index (κ2) is 4.89. The molecule has 2 rings (SSSR count). The molecule has 1 aromatic rings. The highest BCUT2D eigenvalue weighted by molar-refractivity contribution is 5.46. The minimum atomic E-state index is -1.24.